The lowest BCUT2D eigenvalue weighted by atomic mass is 10.2. The number of aryl methyl sites for hydroxylation is 2. The molecule has 1 N–H and O–H groups in total. The lowest BCUT2D eigenvalue weighted by Gasteiger charge is -2.15. The van der Waals surface area contributed by atoms with Gasteiger partial charge in [-0.15, -0.1) is 0 Å². The van der Waals surface area contributed by atoms with Gasteiger partial charge in [-0.2, -0.15) is 5.10 Å². The van der Waals surface area contributed by atoms with Crippen LogP contribution in [0.25, 0.3) is 0 Å². The molecule has 0 aliphatic rings. The number of methoxy groups -OCH3 is 2. The van der Waals surface area contributed by atoms with Crippen molar-refractivity contribution in [3.63, 3.8) is 0 Å². The fourth-order valence-electron chi connectivity index (χ4n) is 2.11. The van der Waals surface area contributed by atoms with Crippen LogP contribution in [0.2, 0.25) is 0 Å². The van der Waals surface area contributed by atoms with Gasteiger partial charge in [0.15, 0.2) is 11.5 Å². The summed E-state index contributed by atoms with van der Waals surface area (Å²) in [5.74, 6) is 1.56. The molecule has 0 spiro atoms. The molecule has 0 fully saturated rings. The average Bonchev–Trinajstić information content (AvgIpc) is 2.81. The van der Waals surface area contributed by atoms with E-state index in [-0.39, 0.29) is 6.61 Å². The Morgan fingerprint density at radius 2 is 1.76 bits per heavy atom. The lowest BCUT2D eigenvalue weighted by Crippen LogP contribution is -2.05. The van der Waals surface area contributed by atoms with Crippen LogP contribution < -0.4 is 14.2 Å². The van der Waals surface area contributed by atoms with Gasteiger partial charge in [-0.05, 0) is 30.7 Å². The number of rotatable bonds is 6. The summed E-state index contributed by atoms with van der Waals surface area (Å²) >= 11 is 0. The van der Waals surface area contributed by atoms with Crippen LogP contribution in [-0.4, -0.2) is 29.1 Å². The van der Waals surface area contributed by atoms with Crippen LogP contribution in [0.15, 0.2) is 18.2 Å². The number of aliphatic hydroxyl groups is 1. The van der Waals surface area contributed by atoms with E-state index in [9.17, 15) is 5.11 Å². The van der Waals surface area contributed by atoms with Crippen molar-refractivity contribution in [2.75, 3.05) is 14.2 Å². The van der Waals surface area contributed by atoms with Gasteiger partial charge in [-0.3, -0.25) is 4.68 Å². The van der Waals surface area contributed by atoms with E-state index in [0.717, 1.165) is 11.4 Å². The van der Waals surface area contributed by atoms with Crippen molar-refractivity contribution in [2.24, 2.45) is 7.05 Å². The van der Waals surface area contributed by atoms with Crippen LogP contribution in [0.5, 0.6) is 17.2 Å². The van der Waals surface area contributed by atoms with Gasteiger partial charge >= 0.3 is 0 Å². The van der Waals surface area contributed by atoms with Gasteiger partial charge in [0.1, 0.15) is 6.61 Å². The van der Waals surface area contributed by atoms with E-state index in [4.69, 9.17) is 14.2 Å². The van der Waals surface area contributed by atoms with Crippen molar-refractivity contribution >= 4 is 0 Å². The number of ether oxygens (including phenoxy) is 3. The van der Waals surface area contributed by atoms with Crippen LogP contribution in [0.3, 0.4) is 0 Å². The van der Waals surface area contributed by atoms with Gasteiger partial charge in [0.05, 0.1) is 32.2 Å². The highest BCUT2D eigenvalue weighted by atomic mass is 16.5. The van der Waals surface area contributed by atoms with Gasteiger partial charge in [-0.1, -0.05) is 0 Å². The average molecular weight is 292 g/mol. The lowest BCUT2D eigenvalue weighted by molar-refractivity contribution is 0.254. The first-order valence-electron chi connectivity index (χ1n) is 6.57. The summed E-state index contributed by atoms with van der Waals surface area (Å²) in [7, 11) is 4.98. The van der Waals surface area contributed by atoms with Crippen molar-refractivity contribution in [1.82, 2.24) is 9.78 Å². The van der Waals surface area contributed by atoms with E-state index >= 15 is 0 Å². The highest BCUT2D eigenvalue weighted by Crippen LogP contribution is 2.39. The Kier molecular flexibility index (Phi) is 4.70. The molecule has 0 saturated heterocycles. The Labute approximate surface area is 123 Å². The van der Waals surface area contributed by atoms with Crippen molar-refractivity contribution in [3.8, 4) is 17.2 Å². The second-order valence-corrected chi connectivity index (χ2v) is 4.68. The fraction of sp³-hybridized carbons (Fsp3) is 0.400. The molecule has 6 nitrogen and oxygen atoms in total. The summed E-state index contributed by atoms with van der Waals surface area (Å²) in [5, 5.41) is 13.5. The largest absolute Gasteiger partial charge is 0.493 e. The van der Waals surface area contributed by atoms with E-state index in [1.165, 1.54) is 0 Å². The Bertz CT molecular complexity index is 597. The minimum absolute atomic E-state index is 0.0894. The summed E-state index contributed by atoms with van der Waals surface area (Å²) in [6.45, 7) is 2.19. The summed E-state index contributed by atoms with van der Waals surface area (Å²) in [4.78, 5) is 0. The van der Waals surface area contributed by atoms with Crippen LogP contribution in [-0.2, 0) is 20.3 Å². The normalized spacial score (nSPS) is 10.5. The standard InChI is InChI=1S/C15H20N2O4/c1-10-5-12(17(2)16-10)9-21-15-13(19-3)6-11(8-18)7-14(15)20-4/h5-7,18H,8-9H2,1-4H3. The molecule has 0 amide bonds. The fourth-order valence-corrected chi connectivity index (χ4v) is 2.11. The highest BCUT2D eigenvalue weighted by Gasteiger charge is 2.15. The van der Waals surface area contributed by atoms with Gasteiger partial charge in [0, 0.05) is 7.05 Å². The Morgan fingerprint density at radius 1 is 1.14 bits per heavy atom. The minimum atomic E-state index is -0.0894. The molecule has 1 aromatic heterocycles. The minimum Gasteiger partial charge on any atom is -0.493 e. The van der Waals surface area contributed by atoms with Gasteiger partial charge < -0.3 is 19.3 Å². The summed E-state index contributed by atoms with van der Waals surface area (Å²) < 4.78 is 18.2. The Balaban J connectivity index is 2.28. The zero-order valence-corrected chi connectivity index (χ0v) is 12.7. The molecular formula is C15H20N2O4. The molecule has 1 aromatic carbocycles. The maximum atomic E-state index is 9.25. The first kappa shape index (κ1) is 15.2. The number of aliphatic hydroxyl groups excluding tert-OH is 1. The molecule has 6 heteroatoms. The zero-order chi connectivity index (χ0) is 15.4. The van der Waals surface area contributed by atoms with E-state index in [2.05, 4.69) is 5.10 Å². The number of nitrogens with zero attached hydrogens (tertiary/aromatic N) is 2. The van der Waals surface area contributed by atoms with E-state index < -0.39 is 0 Å². The quantitative estimate of drug-likeness (QED) is 0.879. The molecule has 114 valence electrons. The SMILES string of the molecule is COc1cc(CO)cc(OC)c1OCc1cc(C)nn1C. The number of hydrogen-bond acceptors (Lipinski definition) is 5. The van der Waals surface area contributed by atoms with Crippen LogP contribution >= 0.6 is 0 Å². The Hall–Kier alpha value is -2.21. The smallest absolute Gasteiger partial charge is 0.203 e. The molecule has 0 bridgehead atoms. The first-order chi connectivity index (χ1) is 10.1. The van der Waals surface area contributed by atoms with Crippen molar-refractivity contribution in [1.29, 1.82) is 0 Å². The molecule has 21 heavy (non-hydrogen) atoms. The third kappa shape index (κ3) is 3.28. The molecule has 0 aliphatic carbocycles. The predicted octanol–water partition coefficient (Wildman–Crippen LogP) is 1.82. The topological polar surface area (TPSA) is 65.7 Å². The molecule has 0 radical (unpaired) electrons. The third-order valence-electron chi connectivity index (χ3n) is 3.17. The van der Waals surface area contributed by atoms with E-state index in [1.807, 2.05) is 20.0 Å². The third-order valence-corrected chi connectivity index (χ3v) is 3.17. The predicted molar refractivity (Wildman–Crippen MR) is 77.7 cm³/mol. The van der Waals surface area contributed by atoms with Gasteiger partial charge in [0.2, 0.25) is 5.75 Å². The molecule has 2 aromatic rings. The second-order valence-electron chi connectivity index (χ2n) is 4.68. The van der Waals surface area contributed by atoms with E-state index in [0.29, 0.717) is 29.4 Å². The summed E-state index contributed by atoms with van der Waals surface area (Å²) in [6.07, 6.45) is 0. The monoisotopic (exact) mass is 292 g/mol. The maximum absolute atomic E-state index is 9.25. The zero-order valence-electron chi connectivity index (χ0n) is 12.7. The van der Waals surface area contributed by atoms with E-state index in [1.54, 1.807) is 31.0 Å². The molecule has 0 unspecified atom stereocenters. The number of aromatic nitrogens is 2. The molecule has 0 saturated carbocycles. The number of hydrogen-bond donors (Lipinski definition) is 1. The number of benzene rings is 1. The maximum Gasteiger partial charge on any atom is 0.203 e. The highest BCUT2D eigenvalue weighted by molar-refractivity contribution is 5.53. The van der Waals surface area contributed by atoms with Crippen molar-refractivity contribution in [3.05, 3.63) is 35.2 Å². The van der Waals surface area contributed by atoms with Gasteiger partial charge in [0.25, 0.3) is 0 Å². The Morgan fingerprint density at radius 3 is 2.19 bits per heavy atom. The summed E-state index contributed by atoms with van der Waals surface area (Å²) in [6, 6.07) is 5.42. The molecule has 0 aliphatic heterocycles. The first-order valence-corrected chi connectivity index (χ1v) is 6.57. The van der Waals surface area contributed by atoms with Gasteiger partial charge in [-0.25, -0.2) is 0 Å². The van der Waals surface area contributed by atoms with Crippen molar-refractivity contribution in [2.45, 2.75) is 20.1 Å². The van der Waals surface area contributed by atoms with Crippen LogP contribution in [0, 0.1) is 6.92 Å². The second kappa shape index (κ2) is 6.49. The molecule has 0 atom stereocenters. The summed E-state index contributed by atoms with van der Waals surface area (Å²) in [5.41, 5.74) is 2.58. The molecule has 1 heterocycles. The molecular weight excluding hydrogens is 272 g/mol. The van der Waals surface area contributed by atoms with Crippen molar-refractivity contribution < 1.29 is 19.3 Å². The molecule has 2 rings (SSSR count). The van der Waals surface area contributed by atoms with Crippen LogP contribution in [0.1, 0.15) is 17.0 Å². The van der Waals surface area contributed by atoms with Crippen LogP contribution in [0.4, 0.5) is 0 Å².